The first kappa shape index (κ1) is 22.2. The fourth-order valence-electron chi connectivity index (χ4n) is 4.40. The zero-order valence-corrected chi connectivity index (χ0v) is 19.8. The van der Waals surface area contributed by atoms with Crippen LogP contribution in [0.3, 0.4) is 0 Å². The summed E-state index contributed by atoms with van der Waals surface area (Å²) in [6, 6.07) is 1.53. The molecular weight excluding hydrogens is 490 g/mol. The lowest BCUT2D eigenvalue weighted by molar-refractivity contribution is 0.0225. The number of pyridine rings is 1. The lowest BCUT2D eigenvalue weighted by atomic mass is 10.1. The van der Waals surface area contributed by atoms with Crippen molar-refractivity contribution in [2.45, 2.75) is 48.8 Å². The summed E-state index contributed by atoms with van der Waals surface area (Å²) in [5.74, 6) is 0. The summed E-state index contributed by atoms with van der Waals surface area (Å²) < 4.78 is 68.7. The summed E-state index contributed by atoms with van der Waals surface area (Å²) in [5, 5.41) is 7.29. The van der Waals surface area contributed by atoms with Gasteiger partial charge in [-0.1, -0.05) is 11.3 Å². The van der Waals surface area contributed by atoms with E-state index < -0.39 is 27.0 Å². The summed E-state index contributed by atoms with van der Waals surface area (Å²) in [6.45, 7) is 3.78. The van der Waals surface area contributed by atoms with E-state index in [4.69, 9.17) is 9.47 Å². The number of rotatable bonds is 6. The molecule has 182 valence electrons. The van der Waals surface area contributed by atoms with Gasteiger partial charge >= 0.3 is 0 Å². The standard InChI is InChI=1S/C20H22F2N6O4S2/c1-20(2-3-20)26-34(29,30)11-6-12(27-4-5-32-15-10-31-9-14(15)27)17-23-7-13(28(17)8-11)18-24-25-19(33-18)16(21)22/h6-8,14-16,26H,2-5,9-10H2,1H3/t14-,15+/m1/s1. The molecule has 0 aromatic carbocycles. The molecule has 3 aromatic rings. The van der Waals surface area contributed by atoms with Crippen molar-refractivity contribution in [3.8, 4) is 10.7 Å². The minimum absolute atomic E-state index is 0.0583. The van der Waals surface area contributed by atoms with Crippen molar-refractivity contribution < 1.29 is 26.7 Å². The smallest absolute Gasteiger partial charge is 0.291 e. The first-order valence-electron chi connectivity index (χ1n) is 10.9. The van der Waals surface area contributed by atoms with Crippen molar-refractivity contribution in [3.05, 3.63) is 23.5 Å². The quantitative estimate of drug-likeness (QED) is 0.535. The fraction of sp³-hybridized carbons (Fsp3) is 0.550. The molecule has 6 rings (SSSR count). The van der Waals surface area contributed by atoms with Crippen LogP contribution in [0.25, 0.3) is 16.3 Å². The highest BCUT2D eigenvalue weighted by Crippen LogP contribution is 2.38. The van der Waals surface area contributed by atoms with Gasteiger partial charge in [0.15, 0.2) is 15.7 Å². The Hall–Kier alpha value is -2.26. The van der Waals surface area contributed by atoms with E-state index in [-0.39, 0.29) is 22.0 Å². The summed E-state index contributed by atoms with van der Waals surface area (Å²) in [4.78, 5) is 6.65. The van der Waals surface area contributed by atoms with Crippen LogP contribution >= 0.6 is 11.3 Å². The molecule has 2 aliphatic heterocycles. The maximum atomic E-state index is 13.3. The van der Waals surface area contributed by atoms with Crippen molar-refractivity contribution in [2.75, 3.05) is 31.3 Å². The molecule has 0 bridgehead atoms. The monoisotopic (exact) mass is 512 g/mol. The molecule has 0 amide bonds. The molecule has 0 spiro atoms. The maximum Gasteiger partial charge on any atom is 0.291 e. The first-order chi connectivity index (χ1) is 16.2. The van der Waals surface area contributed by atoms with Gasteiger partial charge in [-0.25, -0.2) is 26.9 Å². The summed E-state index contributed by atoms with van der Waals surface area (Å²) in [5.41, 5.74) is 1.04. The number of imidazole rings is 1. The lowest BCUT2D eigenvalue weighted by Crippen LogP contribution is -2.51. The fourth-order valence-corrected chi connectivity index (χ4v) is 6.59. The number of alkyl halides is 2. The van der Waals surface area contributed by atoms with Crippen LogP contribution in [0.15, 0.2) is 23.4 Å². The number of morpholine rings is 1. The third kappa shape index (κ3) is 3.77. The third-order valence-corrected chi connectivity index (χ3v) is 9.03. The Balaban J connectivity index is 1.51. The van der Waals surface area contributed by atoms with Crippen LogP contribution in [-0.2, 0) is 19.5 Å². The number of nitrogens with zero attached hydrogens (tertiary/aromatic N) is 5. The van der Waals surface area contributed by atoms with Crippen LogP contribution in [0.2, 0.25) is 0 Å². The SMILES string of the molecule is CC1(NS(=O)(=O)c2cc(N3CCO[C@H]4COC[C@H]43)c3ncc(-c4nnc(C(F)F)s4)n3c2)CC1. The van der Waals surface area contributed by atoms with E-state index in [0.29, 0.717) is 43.4 Å². The molecule has 34 heavy (non-hydrogen) atoms. The third-order valence-electron chi connectivity index (χ3n) is 6.47. The van der Waals surface area contributed by atoms with Gasteiger partial charge in [0.05, 0.1) is 37.7 Å². The van der Waals surface area contributed by atoms with E-state index in [0.717, 1.165) is 24.2 Å². The van der Waals surface area contributed by atoms with Crippen LogP contribution in [0.5, 0.6) is 0 Å². The molecule has 2 atom stereocenters. The molecule has 1 aliphatic carbocycles. The zero-order chi connectivity index (χ0) is 23.7. The highest BCUT2D eigenvalue weighted by atomic mass is 32.2. The normalized spacial score (nSPS) is 24.2. The van der Waals surface area contributed by atoms with Gasteiger partial charge in [0.2, 0.25) is 10.0 Å². The van der Waals surface area contributed by atoms with Gasteiger partial charge in [0.1, 0.15) is 16.7 Å². The topological polar surface area (TPSA) is 111 Å². The highest BCUT2D eigenvalue weighted by molar-refractivity contribution is 7.89. The molecule has 1 N–H and O–H groups in total. The van der Waals surface area contributed by atoms with E-state index in [2.05, 4.69) is 24.8 Å². The number of hydrogen-bond donors (Lipinski definition) is 1. The molecule has 14 heteroatoms. The molecule has 5 heterocycles. The van der Waals surface area contributed by atoms with Crippen molar-refractivity contribution in [3.63, 3.8) is 0 Å². The number of aromatic nitrogens is 4. The first-order valence-corrected chi connectivity index (χ1v) is 13.2. The molecule has 3 fully saturated rings. The van der Waals surface area contributed by atoms with Crippen LogP contribution in [0, 0.1) is 0 Å². The highest BCUT2D eigenvalue weighted by Gasteiger charge is 2.42. The van der Waals surface area contributed by atoms with E-state index in [1.54, 1.807) is 10.5 Å². The van der Waals surface area contributed by atoms with E-state index in [9.17, 15) is 17.2 Å². The Morgan fingerprint density at radius 1 is 1.29 bits per heavy atom. The molecule has 1 saturated carbocycles. The summed E-state index contributed by atoms with van der Waals surface area (Å²) >= 11 is 0.752. The predicted octanol–water partition coefficient (Wildman–Crippen LogP) is 2.23. The number of nitrogens with one attached hydrogen (secondary N) is 1. The minimum Gasteiger partial charge on any atom is -0.376 e. The van der Waals surface area contributed by atoms with Crippen molar-refractivity contribution in [2.24, 2.45) is 0 Å². The second-order valence-electron chi connectivity index (χ2n) is 9.02. The lowest BCUT2D eigenvalue weighted by Gasteiger charge is -2.38. The number of ether oxygens (including phenoxy) is 2. The number of fused-ring (bicyclic) bond motifs is 2. The second kappa shape index (κ2) is 7.88. The number of hydrogen-bond acceptors (Lipinski definition) is 9. The summed E-state index contributed by atoms with van der Waals surface area (Å²) in [6.07, 6.45) is 1.63. The Bertz CT molecular complexity index is 1360. The van der Waals surface area contributed by atoms with Crippen molar-refractivity contribution in [1.82, 2.24) is 24.3 Å². The van der Waals surface area contributed by atoms with Gasteiger partial charge in [-0.05, 0) is 25.8 Å². The van der Waals surface area contributed by atoms with Crippen molar-refractivity contribution >= 4 is 32.7 Å². The predicted molar refractivity (Wildman–Crippen MR) is 119 cm³/mol. The Kier molecular flexibility index (Phi) is 5.15. The van der Waals surface area contributed by atoms with Gasteiger partial charge in [0, 0.05) is 18.3 Å². The van der Waals surface area contributed by atoms with Crippen molar-refractivity contribution in [1.29, 1.82) is 0 Å². The summed E-state index contributed by atoms with van der Waals surface area (Å²) in [7, 11) is -3.86. The molecule has 3 aliphatic rings. The Morgan fingerprint density at radius 3 is 2.85 bits per heavy atom. The number of halogens is 2. The number of sulfonamides is 1. The average molecular weight is 513 g/mol. The zero-order valence-electron chi connectivity index (χ0n) is 18.1. The van der Waals surface area contributed by atoms with E-state index in [1.807, 2.05) is 6.92 Å². The van der Waals surface area contributed by atoms with Gasteiger partial charge in [-0.3, -0.25) is 4.40 Å². The molecule has 0 unspecified atom stereocenters. The maximum absolute atomic E-state index is 13.3. The second-order valence-corrected chi connectivity index (χ2v) is 11.7. The van der Waals surface area contributed by atoms with E-state index >= 15 is 0 Å². The van der Waals surface area contributed by atoms with Crippen LogP contribution in [-0.4, -0.2) is 72.0 Å². The van der Waals surface area contributed by atoms with Gasteiger partial charge < -0.3 is 14.4 Å². The van der Waals surface area contributed by atoms with Gasteiger partial charge in [-0.2, -0.15) is 0 Å². The molecule has 0 radical (unpaired) electrons. The minimum atomic E-state index is -3.86. The van der Waals surface area contributed by atoms with Crippen LogP contribution in [0.1, 0.15) is 31.2 Å². The Morgan fingerprint density at radius 2 is 2.12 bits per heavy atom. The number of anilines is 1. The molecule has 3 aromatic heterocycles. The largest absolute Gasteiger partial charge is 0.376 e. The molecule has 10 nitrogen and oxygen atoms in total. The van der Waals surface area contributed by atoms with E-state index in [1.165, 1.54) is 12.4 Å². The van der Waals surface area contributed by atoms with Gasteiger partial charge in [-0.15, -0.1) is 10.2 Å². The average Bonchev–Trinajstić information content (AvgIpc) is 3.26. The molecule has 2 saturated heterocycles. The van der Waals surface area contributed by atoms with Crippen LogP contribution in [0.4, 0.5) is 14.5 Å². The molecular formula is C20H22F2N6O4S2. The van der Waals surface area contributed by atoms with Gasteiger partial charge in [0.25, 0.3) is 6.43 Å². The van der Waals surface area contributed by atoms with Crippen LogP contribution < -0.4 is 9.62 Å². The Labute approximate surface area is 197 Å².